The molecule has 4 aromatic rings. The molecule has 0 spiro atoms. The summed E-state index contributed by atoms with van der Waals surface area (Å²) in [6, 6.07) is 23.0. The summed E-state index contributed by atoms with van der Waals surface area (Å²) < 4.78 is 21.3. The Labute approximate surface area is 162 Å². The molecule has 0 fully saturated rings. The lowest BCUT2D eigenvalue weighted by Gasteiger charge is -2.34. The van der Waals surface area contributed by atoms with Crippen molar-refractivity contribution in [3.8, 4) is 5.75 Å². The summed E-state index contributed by atoms with van der Waals surface area (Å²) in [7, 11) is 1.70. The van der Waals surface area contributed by atoms with E-state index in [4.69, 9.17) is 9.72 Å². The number of rotatable bonds is 3. The van der Waals surface area contributed by atoms with Gasteiger partial charge in [-0.05, 0) is 42.3 Å². The Bertz CT molecular complexity index is 1140. The van der Waals surface area contributed by atoms with Crippen LogP contribution >= 0.6 is 0 Å². The van der Waals surface area contributed by atoms with Crippen LogP contribution in [-0.4, -0.2) is 16.7 Å². The molecule has 5 rings (SSSR count). The number of fused-ring (bicyclic) bond motifs is 3. The molecule has 1 aromatic heterocycles. The van der Waals surface area contributed by atoms with E-state index in [1.807, 2.05) is 48.5 Å². The summed E-state index contributed by atoms with van der Waals surface area (Å²) in [5, 5.41) is 3.55. The minimum atomic E-state index is -0.229. The monoisotopic (exact) mass is 373 g/mol. The normalized spacial score (nSPS) is 18.5. The second-order valence-electron chi connectivity index (χ2n) is 7.04. The SMILES string of the molecule is COc1ccccc1C1CC(c2ccc(F)cc2)Nc2nc3ccccc3n21. The van der Waals surface area contributed by atoms with Gasteiger partial charge in [0.2, 0.25) is 5.95 Å². The van der Waals surface area contributed by atoms with Crippen LogP contribution in [0.5, 0.6) is 5.75 Å². The second kappa shape index (κ2) is 6.68. The average Bonchev–Trinajstić information content (AvgIpc) is 3.12. The number of hydrogen-bond donors (Lipinski definition) is 1. The van der Waals surface area contributed by atoms with Crippen LogP contribution in [0.15, 0.2) is 72.8 Å². The first-order valence-corrected chi connectivity index (χ1v) is 9.36. The third-order valence-electron chi connectivity index (χ3n) is 5.44. The molecule has 5 heteroatoms. The predicted molar refractivity (Wildman–Crippen MR) is 108 cm³/mol. The van der Waals surface area contributed by atoms with Crippen molar-refractivity contribution < 1.29 is 9.13 Å². The van der Waals surface area contributed by atoms with Crippen LogP contribution in [0.4, 0.5) is 10.3 Å². The molecule has 2 unspecified atom stereocenters. The van der Waals surface area contributed by atoms with Crippen LogP contribution in [0.1, 0.15) is 29.6 Å². The van der Waals surface area contributed by atoms with Crippen LogP contribution in [-0.2, 0) is 0 Å². The highest BCUT2D eigenvalue weighted by molar-refractivity contribution is 5.79. The van der Waals surface area contributed by atoms with E-state index in [2.05, 4.69) is 22.0 Å². The van der Waals surface area contributed by atoms with Gasteiger partial charge in [0.05, 0.1) is 30.2 Å². The number of nitrogens with zero attached hydrogens (tertiary/aromatic N) is 2. The fraction of sp³-hybridized carbons (Fsp3) is 0.174. The molecule has 1 N–H and O–H groups in total. The van der Waals surface area contributed by atoms with Crippen molar-refractivity contribution >= 4 is 17.0 Å². The second-order valence-corrected chi connectivity index (χ2v) is 7.04. The molecule has 140 valence electrons. The molecular formula is C23H20FN3O. The summed E-state index contributed by atoms with van der Waals surface area (Å²) in [4.78, 5) is 4.81. The van der Waals surface area contributed by atoms with E-state index in [1.165, 1.54) is 12.1 Å². The van der Waals surface area contributed by atoms with Crippen molar-refractivity contribution in [3.05, 3.63) is 89.7 Å². The minimum Gasteiger partial charge on any atom is -0.496 e. The molecule has 0 bridgehead atoms. The number of aromatic nitrogens is 2. The zero-order valence-corrected chi connectivity index (χ0v) is 15.5. The fourth-order valence-electron chi connectivity index (χ4n) is 4.13. The van der Waals surface area contributed by atoms with Gasteiger partial charge < -0.3 is 14.6 Å². The van der Waals surface area contributed by atoms with Gasteiger partial charge in [-0.1, -0.05) is 42.5 Å². The molecule has 0 aliphatic carbocycles. The minimum absolute atomic E-state index is 0.0276. The van der Waals surface area contributed by atoms with E-state index in [0.717, 1.165) is 40.3 Å². The first-order valence-electron chi connectivity index (χ1n) is 9.36. The average molecular weight is 373 g/mol. The molecule has 2 heterocycles. The van der Waals surface area contributed by atoms with Crippen molar-refractivity contribution in [2.24, 2.45) is 0 Å². The Morgan fingerprint density at radius 1 is 1.00 bits per heavy atom. The lowest BCUT2D eigenvalue weighted by atomic mass is 9.92. The molecule has 1 aliphatic heterocycles. The maximum atomic E-state index is 13.4. The molecule has 0 amide bonds. The molecule has 4 nitrogen and oxygen atoms in total. The van der Waals surface area contributed by atoms with Gasteiger partial charge in [0.1, 0.15) is 11.6 Å². The number of methoxy groups -OCH3 is 1. The molecule has 0 saturated heterocycles. The van der Waals surface area contributed by atoms with Gasteiger partial charge in [-0.15, -0.1) is 0 Å². The van der Waals surface area contributed by atoms with Gasteiger partial charge in [-0.3, -0.25) is 0 Å². The van der Waals surface area contributed by atoms with Crippen molar-refractivity contribution in [2.75, 3.05) is 12.4 Å². The van der Waals surface area contributed by atoms with Gasteiger partial charge in [-0.25, -0.2) is 9.37 Å². The maximum Gasteiger partial charge on any atom is 0.204 e. The molecule has 0 saturated carbocycles. The van der Waals surface area contributed by atoms with Crippen molar-refractivity contribution in [1.82, 2.24) is 9.55 Å². The number of benzene rings is 3. The molecule has 1 aliphatic rings. The number of para-hydroxylation sites is 3. The maximum absolute atomic E-state index is 13.4. The summed E-state index contributed by atoms with van der Waals surface area (Å²) in [5.41, 5.74) is 4.19. The molecule has 3 aromatic carbocycles. The lowest BCUT2D eigenvalue weighted by molar-refractivity contribution is 0.392. The van der Waals surface area contributed by atoms with Crippen molar-refractivity contribution in [1.29, 1.82) is 0 Å². The Kier molecular flexibility index (Phi) is 4.01. The summed E-state index contributed by atoms with van der Waals surface area (Å²) in [6.07, 6.45) is 0.805. The molecule has 0 radical (unpaired) electrons. The van der Waals surface area contributed by atoms with Gasteiger partial charge in [0, 0.05) is 5.56 Å². The largest absolute Gasteiger partial charge is 0.496 e. The highest BCUT2D eigenvalue weighted by atomic mass is 19.1. The molecular weight excluding hydrogens is 353 g/mol. The first kappa shape index (κ1) is 16.8. The number of nitrogens with one attached hydrogen (secondary N) is 1. The highest BCUT2D eigenvalue weighted by Crippen LogP contribution is 2.43. The number of imidazole rings is 1. The number of anilines is 1. The Morgan fingerprint density at radius 2 is 1.75 bits per heavy atom. The van der Waals surface area contributed by atoms with Crippen molar-refractivity contribution in [3.63, 3.8) is 0 Å². The number of ether oxygens (including phenoxy) is 1. The fourth-order valence-corrected chi connectivity index (χ4v) is 4.13. The van der Waals surface area contributed by atoms with Gasteiger partial charge in [0.25, 0.3) is 0 Å². The number of hydrogen-bond acceptors (Lipinski definition) is 3. The van der Waals surface area contributed by atoms with Crippen LogP contribution in [0.2, 0.25) is 0 Å². The van der Waals surface area contributed by atoms with E-state index in [9.17, 15) is 4.39 Å². The van der Waals surface area contributed by atoms with Gasteiger partial charge in [-0.2, -0.15) is 0 Å². The summed E-state index contributed by atoms with van der Waals surface area (Å²) in [6.45, 7) is 0. The van der Waals surface area contributed by atoms with Gasteiger partial charge in [0.15, 0.2) is 0 Å². The first-order chi connectivity index (χ1) is 13.7. The topological polar surface area (TPSA) is 39.1 Å². The molecule has 28 heavy (non-hydrogen) atoms. The van der Waals surface area contributed by atoms with E-state index in [-0.39, 0.29) is 17.9 Å². The highest BCUT2D eigenvalue weighted by Gasteiger charge is 2.32. The predicted octanol–water partition coefficient (Wildman–Crippen LogP) is 5.33. The van der Waals surface area contributed by atoms with Crippen LogP contribution in [0.25, 0.3) is 11.0 Å². The Morgan fingerprint density at radius 3 is 2.57 bits per heavy atom. The van der Waals surface area contributed by atoms with E-state index in [1.54, 1.807) is 7.11 Å². The summed E-state index contributed by atoms with van der Waals surface area (Å²) >= 11 is 0. The number of halogens is 1. The van der Waals surface area contributed by atoms with Crippen LogP contribution < -0.4 is 10.1 Å². The Balaban J connectivity index is 1.68. The summed E-state index contributed by atoms with van der Waals surface area (Å²) in [5.74, 6) is 1.45. The quantitative estimate of drug-likeness (QED) is 0.527. The van der Waals surface area contributed by atoms with Crippen molar-refractivity contribution in [2.45, 2.75) is 18.5 Å². The third-order valence-corrected chi connectivity index (χ3v) is 5.44. The standard InChI is InChI=1S/C23H20FN3O/c1-28-22-9-5-2-6-17(22)21-14-19(15-10-12-16(24)13-11-15)26-23-25-18-7-3-4-8-20(18)27(21)23/h2-13,19,21H,14H2,1H3,(H,25,26). The van der Waals surface area contributed by atoms with E-state index >= 15 is 0 Å². The van der Waals surface area contributed by atoms with Crippen LogP contribution in [0, 0.1) is 5.82 Å². The smallest absolute Gasteiger partial charge is 0.204 e. The van der Waals surface area contributed by atoms with E-state index in [0.29, 0.717) is 0 Å². The lowest BCUT2D eigenvalue weighted by Crippen LogP contribution is -2.27. The zero-order chi connectivity index (χ0) is 19.1. The third kappa shape index (κ3) is 2.71. The van der Waals surface area contributed by atoms with E-state index < -0.39 is 0 Å². The zero-order valence-electron chi connectivity index (χ0n) is 15.5. The Hall–Kier alpha value is -3.34. The molecule has 2 atom stereocenters. The van der Waals surface area contributed by atoms with Gasteiger partial charge >= 0.3 is 0 Å². The van der Waals surface area contributed by atoms with Crippen LogP contribution in [0.3, 0.4) is 0 Å².